The standard InChI is InChI=1S/C33H37Cl2N5/c1-23-19-24(2)21-40(20-23)33-29-5-3-4-6-30(29)36-31(37-33)22-38-15-17-39(18-16-38)32(25-7-11-27(34)12-8-25)26-9-13-28(35)14-10-26/h3-14,23-24,32H,15-22H2,1-2H3. The Morgan fingerprint density at radius 1 is 0.750 bits per heavy atom. The first-order valence-corrected chi connectivity index (χ1v) is 15.2. The lowest BCUT2D eigenvalue weighted by Crippen LogP contribution is -2.47. The predicted octanol–water partition coefficient (Wildman–Crippen LogP) is 7.33. The van der Waals surface area contributed by atoms with E-state index in [2.05, 4.69) is 77.1 Å². The summed E-state index contributed by atoms with van der Waals surface area (Å²) in [6.45, 7) is 11.4. The van der Waals surface area contributed by atoms with Gasteiger partial charge in [0.05, 0.1) is 18.1 Å². The number of rotatable bonds is 6. The average molecular weight is 575 g/mol. The number of para-hydroxylation sites is 1. The van der Waals surface area contributed by atoms with Crippen LogP contribution in [0.25, 0.3) is 10.9 Å². The van der Waals surface area contributed by atoms with Gasteiger partial charge in [0, 0.05) is 54.7 Å². The summed E-state index contributed by atoms with van der Waals surface area (Å²) in [4.78, 5) is 17.7. The normalized spacial score (nSPS) is 20.9. The largest absolute Gasteiger partial charge is 0.355 e. The second kappa shape index (κ2) is 12.0. The number of nitrogens with zero attached hydrogens (tertiary/aromatic N) is 5. The minimum absolute atomic E-state index is 0.156. The summed E-state index contributed by atoms with van der Waals surface area (Å²) in [5.74, 6) is 3.36. The summed E-state index contributed by atoms with van der Waals surface area (Å²) in [7, 11) is 0. The van der Waals surface area contributed by atoms with Crippen LogP contribution in [0, 0.1) is 11.8 Å². The third kappa shape index (κ3) is 6.13. The Morgan fingerprint density at radius 3 is 1.93 bits per heavy atom. The molecule has 7 heteroatoms. The molecule has 0 amide bonds. The monoisotopic (exact) mass is 573 g/mol. The minimum Gasteiger partial charge on any atom is -0.355 e. The summed E-state index contributed by atoms with van der Waals surface area (Å²) in [5, 5.41) is 2.67. The van der Waals surface area contributed by atoms with Crippen LogP contribution in [0.2, 0.25) is 10.0 Å². The Kier molecular flexibility index (Phi) is 8.27. The molecular weight excluding hydrogens is 537 g/mol. The van der Waals surface area contributed by atoms with Crippen molar-refractivity contribution in [3.63, 3.8) is 0 Å². The van der Waals surface area contributed by atoms with Crippen LogP contribution in [0.4, 0.5) is 5.82 Å². The molecule has 40 heavy (non-hydrogen) atoms. The van der Waals surface area contributed by atoms with Gasteiger partial charge in [-0.25, -0.2) is 9.97 Å². The van der Waals surface area contributed by atoms with Crippen molar-refractivity contribution in [1.29, 1.82) is 0 Å². The van der Waals surface area contributed by atoms with Gasteiger partial charge in [-0.1, -0.05) is 73.4 Å². The molecule has 1 aromatic heterocycles. The number of halogens is 2. The predicted molar refractivity (Wildman–Crippen MR) is 166 cm³/mol. The number of piperazine rings is 1. The Balaban J connectivity index is 1.20. The van der Waals surface area contributed by atoms with Gasteiger partial charge in [-0.05, 0) is 65.8 Å². The van der Waals surface area contributed by atoms with E-state index in [1.165, 1.54) is 17.5 Å². The first kappa shape index (κ1) is 27.5. The number of piperidine rings is 1. The molecule has 3 aromatic carbocycles. The molecule has 4 aromatic rings. The van der Waals surface area contributed by atoms with Crippen molar-refractivity contribution in [3.8, 4) is 0 Å². The van der Waals surface area contributed by atoms with Crippen LogP contribution < -0.4 is 4.90 Å². The molecule has 0 radical (unpaired) electrons. The fraction of sp³-hybridized carbons (Fsp3) is 0.394. The Bertz CT molecular complexity index is 1380. The van der Waals surface area contributed by atoms with Crippen molar-refractivity contribution in [1.82, 2.24) is 19.8 Å². The molecule has 6 rings (SSSR count). The number of aromatic nitrogens is 2. The summed E-state index contributed by atoms with van der Waals surface area (Å²) in [5.41, 5.74) is 3.53. The van der Waals surface area contributed by atoms with Gasteiger partial charge < -0.3 is 4.90 Å². The molecule has 2 aliphatic rings. The van der Waals surface area contributed by atoms with E-state index < -0.39 is 0 Å². The first-order chi connectivity index (χ1) is 19.4. The van der Waals surface area contributed by atoms with E-state index >= 15 is 0 Å². The first-order valence-electron chi connectivity index (χ1n) is 14.4. The van der Waals surface area contributed by atoms with Crippen LogP contribution in [0.15, 0.2) is 72.8 Å². The average Bonchev–Trinajstić information content (AvgIpc) is 2.95. The van der Waals surface area contributed by atoms with Crippen molar-refractivity contribution in [2.24, 2.45) is 11.8 Å². The number of hydrogen-bond acceptors (Lipinski definition) is 5. The van der Waals surface area contributed by atoms with E-state index in [-0.39, 0.29) is 6.04 Å². The molecule has 2 fully saturated rings. The maximum atomic E-state index is 6.22. The lowest BCUT2D eigenvalue weighted by atomic mass is 9.92. The van der Waals surface area contributed by atoms with E-state index in [0.29, 0.717) is 11.8 Å². The zero-order chi connectivity index (χ0) is 27.6. The van der Waals surface area contributed by atoms with Crippen LogP contribution in [0.1, 0.15) is 43.3 Å². The molecule has 0 aliphatic carbocycles. The number of benzene rings is 3. The summed E-state index contributed by atoms with van der Waals surface area (Å²) in [6, 6.07) is 25.1. The molecule has 0 N–H and O–H groups in total. The van der Waals surface area contributed by atoms with Gasteiger partial charge in [-0.2, -0.15) is 0 Å². The maximum absolute atomic E-state index is 6.22. The summed E-state index contributed by atoms with van der Waals surface area (Å²) in [6.07, 6.45) is 1.28. The molecule has 0 spiro atoms. The topological polar surface area (TPSA) is 35.5 Å². The van der Waals surface area contributed by atoms with Crippen LogP contribution in [-0.4, -0.2) is 59.0 Å². The molecule has 2 atom stereocenters. The van der Waals surface area contributed by atoms with Crippen LogP contribution in [0.5, 0.6) is 0 Å². The van der Waals surface area contributed by atoms with Crippen molar-refractivity contribution in [2.45, 2.75) is 32.9 Å². The van der Waals surface area contributed by atoms with Gasteiger partial charge >= 0.3 is 0 Å². The van der Waals surface area contributed by atoms with Crippen LogP contribution in [0.3, 0.4) is 0 Å². The smallest absolute Gasteiger partial charge is 0.145 e. The molecule has 2 saturated heterocycles. The highest BCUT2D eigenvalue weighted by molar-refractivity contribution is 6.30. The highest BCUT2D eigenvalue weighted by Crippen LogP contribution is 2.33. The quantitative estimate of drug-likeness (QED) is 0.241. The van der Waals surface area contributed by atoms with Gasteiger partial charge in [-0.3, -0.25) is 9.80 Å². The molecule has 5 nitrogen and oxygen atoms in total. The third-order valence-corrected chi connectivity index (χ3v) is 8.81. The van der Waals surface area contributed by atoms with Gasteiger partial charge in [0.15, 0.2) is 0 Å². The van der Waals surface area contributed by atoms with Crippen molar-refractivity contribution in [2.75, 3.05) is 44.2 Å². The number of fused-ring (bicyclic) bond motifs is 1. The van der Waals surface area contributed by atoms with Gasteiger partial charge in [0.25, 0.3) is 0 Å². The lowest BCUT2D eigenvalue weighted by Gasteiger charge is -2.40. The number of hydrogen-bond donors (Lipinski definition) is 0. The third-order valence-electron chi connectivity index (χ3n) is 8.31. The SMILES string of the molecule is CC1CC(C)CN(c2nc(CN3CCN(C(c4ccc(Cl)cc4)c4ccc(Cl)cc4)CC3)nc3ccccc23)C1. The summed E-state index contributed by atoms with van der Waals surface area (Å²) >= 11 is 12.4. The van der Waals surface area contributed by atoms with Gasteiger partial charge in [0.2, 0.25) is 0 Å². The van der Waals surface area contributed by atoms with E-state index in [4.69, 9.17) is 33.2 Å². The van der Waals surface area contributed by atoms with E-state index in [1.807, 2.05) is 24.3 Å². The lowest BCUT2D eigenvalue weighted by molar-refractivity contribution is 0.103. The Hall–Kier alpha value is -2.70. The highest BCUT2D eigenvalue weighted by atomic mass is 35.5. The maximum Gasteiger partial charge on any atom is 0.145 e. The van der Waals surface area contributed by atoms with Gasteiger partial charge in [0.1, 0.15) is 11.6 Å². The highest BCUT2D eigenvalue weighted by Gasteiger charge is 2.28. The molecule has 2 unspecified atom stereocenters. The Morgan fingerprint density at radius 2 is 1.32 bits per heavy atom. The molecule has 0 saturated carbocycles. The minimum atomic E-state index is 0.156. The molecule has 2 aliphatic heterocycles. The fourth-order valence-corrected chi connectivity index (χ4v) is 6.79. The van der Waals surface area contributed by atoms with E-state index in [0.717, 1.165) is 78.4 Å². The molecule has 3 heterocycles. The summed E-state index contributed by atoms with van der Waals surface area (Å²) < 4.78 is 0. The zero-order valence-corrected chi connectivity index (χ0v) is 24.8. The van der Waals surface area contributed by atoms with E-state index in [9.17, 15) is 0 Å². The molecule has 208 valence electrons. The second-order valence-corrected chi connectivity index (χ2v) is 12.5. The van der Waals surface area contributed by atoms with E-state index in [1.54, 1.807) is 0 Å². The van der Waals surface area contributed by atoms with Crippen molar-refractivity contribution in [3.05, 3.63) is 99.8 Å². The van der Waals surface area contributed by atoms with Crippen molar-refractivity contribution >= 4 is 39.9 Å². The second-order valence-electron chi connectivity index (χ2n) is 11.6. The molecular formula is C33H37Cl2N5. The van der Waals surface area contributed by atoms with Crippen molar-refractivity contribution < 1.29 is 0 Å². The Labute approximate surface area is 247 Å². The van der Waals surface area contributed by atoms with Gasteiger partial charge in [-0.15, -0.1) is 0 Å². The van der Waals surface area contributed by atoms with Crippen LogP contribution >= 0.6 is 23.2 Å². The molecule has 0 bridgehead atoms. The fourth-order valence-electron chi connectivity index (χ4n) is 6.54. The number of anilines is 1. The van der Waals surface area contributed by atoms with Crippen LogP contribution in [-0.2, 0) is 6.54 Å². The zero-order valence-electron chi connectivity index (χ0n) is 23.3.